The number of aliphatic hydroxyl groups is 1. The number of nitrogens with one attached hydrogen (secondary N) is 1. The van der Waals surface area contributed by atoms with E-state index in [1.807, 2.05) is 6.92 Å². The van der Waals surface area contributed by atoms with Crippen molar-refractivity contribution in [2.24, 2.45) is 5.73 Å². The molecule has 0 amide bonds. The summed E-state index contributed by atoms with van der Waals surface area (Å²) in [6, 6.07) is 2.23. The third kappa shape index (κ3) is 4.00. The fourth-order valence-electron chi connectivity index (χ4n) is 4.46. The van der Waals surface area contributed by atoms with E-state index in [-0.39, 0.29) is 45.2 Å². The number of fused-ring (bicyclic) bond motifs is 1. The van der Waals surface area contributed by atoms with Crippen LogP contribution in [0, 0.1) is 11.6 Å². The number of esters is 1. The molecule has 1 aromatic heterocycles. The third-order valence-electron chi connectivity index (χ3n) is 6.07. The Morgan fingerprint density at radius 3 is 2.54 bits per heavy atom. The molecule has 0 saturated carbocycles. The number of pyridine rings is 1. The number of aromatic nitrogens is 1. The number of anilines is 2. The molecule has 9 nitrogen and oxygen atoms in total. The summed E-state index contributed by atoms with van der Waals surface area (Å²) in [5.74, 6) is -2.65. The largest absolute Gasteiger partial charge is 0.462 e. The first-order chi connectivity index (χ1) is 16.4. The van der Waals surface area contributed by atoms with Crippen molar-refractivity contribution in [3.05, 3.63) is 56.3 Å². The molecule has 186 valence electrons. The van der Waals surface area contributed by atoms with Gasteiger partial charge in [-0.2, -0.15) is 4.39 Å². The van der Waals surface area contributed by atoms with E-state index in [1.54, 1.807) is 6.92 Å². The Balaban J connectivity index is 2.17. The number of quaternary nitrogens is 1. The van der Waals surface area contributed by atoms with Gasteiger partial charge in [0.15, 0.2) is 5.69 Å². The van der Waals surface area contributed by atoms with Crippen molar-refractivity contribution < 1.29 is 28.3 Å². The molecule has 8 N–H and O–H groups in total. The minimum absolute atomic E-state index is 0.0114. The second-order valence-corrected chi connectivity index (χ2v) is 9.25. The van der Waals surface area contributed by atoms with Gasteiger partial charge in [0.05, 0.1) is 41.2 Å². The van der Waals surface area contributed by atoms with Gasteiger partial charge in [0.2, 0.25) is 11.2 Å². The average molecular weight is 509 g/mol. The molecule has 1 aliphatic heterocycles. The minimum Gasteiger partial charge on any atom is -0.462 e. The van der Waals surface area contributed by atoms with Crippen LogP contribution in [0.25, 0.3) is 16.6 Å². The molecule has 4 rings (SSSR count). The fraction of sp³-hybridized carbons (Fsp3) is 0.304. The summed E-state index contributed by atoms with van der Waals surface area (Å²) in [6.45, 7) is 3.43. The van der Waals surface area contributed by atoms with Crippen molar-refractivity contribution >= 4 is 45.5 Å². The van der Waals surface area contributed by atoms with Crippen LogP contribution >= 0.6 is 11.6 Å². The summed E-state index contributed by atoms with van der Waals surface area (Å²) in [5.41, 5.74) is 15.5. The molecule has 35 heavy (non-hydrogen) atoms. The van der Waals surface area contributed by atoms with Crippen LogP contribution in [0.15, 0.2) is 23.1 Å². The highest BCUT2D eigenvalue weighted by Gasteiger charge is 2.44. The number of ether oxygens (including phenoxy) is 1. The SMILES string of the molecule is CCOC(=O)c1cn(-c2cc(N)c(F)cc2CO)c2c(Cl)c([NH+]3CC(C)(N)C3)c(F)c(N)c2c1=O. The Hall–Kier alpha value is -3.25. The lowest BCUT2D eigenvalue weighted by molar-refractivity contribution is -0.888. The van der Waals surface area contributed by atoms with Gasteiger partial charge < -0.3 is 31.6 Å². The molecule has 0 radical (unpaired) electrons. The van der Waals surface area contributed by atoms with Crippen molar-refractivity contribution in [2.45, 2.75) is 26.0 Å². The third-order valence-corrected chi connectivity index (χ3v) is 6.44. The maximum atomic E-state index is 15.5. The Morgan fingerprint density at radius 1 is 1.31 bits per heavy atom. The van der Waals surface area contributed by atoms with Crippen LogP contribution in [-0.2, 0) is 11.3 Å². The van der Waals surface area contributed by atoms with Gasteiger partial charge in [-0.3, -0.25) is 9.69 Å². The van der Waals surface area contributed by atoms with Crippen LogP contribution in [0.4, 0.5) is 25.8 Å². The number of halogens is 3. The summed E-state index contributed by atoms with van der Waals surface area (Å²) in [5, 5.41) is 9.39. The minimum atomic E-state index is -0.971. The van der Waals surface area contributed by atoms with Crippen LogP contribution < -0.4 is 27.5 Å². The number of nitrogens with zero attached hydrogens (tertiary/aromatic N) is 1. The number of aliphatic hydroxyl groups excluding tert-OH is 1. The zero-order valence-electron chi connectivity index (χ0n) is 19.0. The molecule has 3 aromatic rings. The molecular formula is C23H25ClF2N5O4+. The highest BCUT2D eigenvalue weighted by atomic mass is 35.5. The van der Waals surface area contributed by atoms with Gasteiger partial charge >= 0.3 is 5.97 Å². The molecule has 0 bridgehead atoms. The molecular weight excluding hydrogens is 484 g/mol. The topological polar surface area (TPSA) is 151 Å². The number of carbonyl (C=O) groups excluding carboxylic acids is 1. The number of carbonyl (C=O) groups is 1. The first-order valence-electron chi connectivity index (χ1n) is 10.8. The molecule has 2 heterocycles. The van der Waals surface area contributed by atoms with E-state index in [2.05, 4.69) is 0 Å². The van der Waals surface area contributed by atoms with Crippen molar-refractivity contribution in [3.8, 4) is 5.69 Å². The molecule has 12 heteroatoms. The van der Waals surface area contributed by atoms with Crippen LogP contribution in [0.1, 0.15) is 29.8 Å². The van der Waals surface area contributed by atoms with E-state index >= 15 is 4.39 Å². The van der Waals surface area contributed by atoms with Crippen molar-refractivity contribution in [2.75, 3.05) is 31.2 Å². The maximum Gasteiger partial charge on any atom is 0.343 e. The van der Waals surface area contributed by atoms with Crippen LogP contribution in [0.3, 0.4) is 0 Å². The number of hydrogen-bond acceptors (Lipinski definition) is 7. The van der Waals surface area contributed by atoms with E-state index in [0.717, 1.165) is 12.3 Å². The molecule has 2 aromatic carbocycles. The first-order valence-corrected chi connectivity index (χ1v) is 11.2. The Morgan fingerprint density at radius 2 is 1.97 bits per heavy atom. The highest BCUT2D eigenvalue weighted by Crippen LogP contribution is 2.38. The predicted molar refractivity (Wildman–Crippen MR) is 128 cm³/mol. The van der Waals surface area contributed by atoms with E-state index in [4.69, 9.17) is 33.5 Å². The zero-order chi connectivity index (χ0) is 25.8. The lowest BCUT2D eigenvalue weighted by atomic mass is 9.92. The summed E-state index contributed by atoms with van der Waals surface area (Å²) in [4.78, 5) is 26.5. The first kappa shape index (κ1) is 24.9. The Bertz CT molecular complexity index is 1430. The Kier molecular flexibility index (Phi) is 6.22. The monoisotopic (exact) mass is 508 g/mol. The fourth-order valence-corrected chi connectivity index (χ4v) is 4.87. The van der Waals surface area contributed by atoms with Gasteiger partial charge in [-0.1, -0.05) is 11.6 Å². The van der Waals surface area contributed by atoms with E-state index in [1.165, 1.54) is 10.6 Å². The lowest BCUT2D eigenvalue weighted by Crippen LogP contribution is -3.21. The standard InChI is InChI=1S/C23H24ClF2N5O4/c1-3-35-22(34)11-6-31(14-5-13(27)12(25)4-10(14)7-32)19-15(21(11)33)18(28)17(26)20(16(19)24)30-8-23(2,29)9-30/h4-6,32H,3,7-9,27-29H2,1-2H3/p+1. The number of hydrogen-bond donors (Lipinski definition) is 5. The van der Waals surface area contributed by atoms with E-state index in [9.17, 15) is 19.1 Å². The quantitative estimate of drug-likeness (QED) is 0.255. The summed E-state index contributed by atoms with van der Waals surface area (Å²) in [7, 11) is 0. The predicted octanol–water partition coefficient (Wildman–Crippen LogP) is 1.00. The second-order valence-electron chi connectivity index (χ2n) is 8.87. The molecule has 1 aliphatic rings. The van der Waals surface area contributed by atoms with Crippen LogP contribution in [-0.4, -0.2) is 40.9 Å². The maximum absolute atomic E-state index is 15.5. The van der Waals surface area contributed by atoms with E-state index in [0.29, 0.717) is 18.0 Å². The smallest absolute Gasteiger partial charge is 0.343 e. The van der Waals surface area contributed by atoms with Crippen LogP contribution in [0.5, 0.6) is 0 Å². The number of nitrogens with two attached hydrogens (primary N) is 3. The number of nitrogen functional groups attached to an aromatic ring is 2. The van der Waals surface area contributed by atoms with Crippen molar-refractivity contribution in [1.29, 1.82) is 0 Å². The second kappa shape index (κ2) is 8.76. The molecule has 0 aliphatic carbocycles. The van der Waals surface area contributed by atoms with Gasteiger partial charge in [-0.25, -0.2) is 9.18 Å². The Labute approximate surface area is 203 Å². The summed E-state index contributed by atoms with van der Waals surface area (Å²) in [6.07, 6.45) is 1.14. The summed E-state index contributed by atoms with van der Waals surface area (Å²) >= 11 is 6.71. The van der Waals surface area contributed by atoms with E-state index < -0.39 is 46.4 Å². The molecule has 0 spiro atoms. The number of rotatable bonds is 5. The average Bonchev–Trinajstić information content (AvgIpc) is 2.77. The van der Waals surface area contributed by atoms with Gasteiger partial charge in [-0.15, -0.1) is 0 Å². The number of benzene rings is 2. The lowest BCUT2D eigenvalue weighted by Gasteiger charge is -2.41. The van der Waals surface area contributed by atoms with Gasteiger partial charge in [-0.05, 0) is 26.0 Å². The molecule has 1 fully saturated rings. The molecule has 0 unspecified atom stereocenters. The summed E-state index contributed by atoms with van der Waals surface area (Å²) < 4.78 is 35.9. The molecule has 0 atom stereocenters. The zero-order valence-corrected chi connectivity index (χ0v) is 19.8. The highest BCUT2D eigenvalue weighted by molar-refractivity contribution is 6.38. The van der Waals surface area contributed by atoms with Gasteiger partial charge in [0, 0.05) is 11.8 Å². The van der Waals surface area contributed by atoms with Crippen LogP contribution in [0.2, 0.25) is 5.02 Å². The normalized spacial score (nSPS) is 19.6. The molecule has 1 saturated heterocycles. The van der Waals surface area contributed by atoms with Gasteiger partial charge in [0.25, 0.3) is 0 Å². The van der Waals surface area contributed by atoms with Crippen molar-refractivity contribution in [3.63, 3.8) is 0 Å². The van der Waals surface area contributed by atoms with Gasteiger partial charge in [0.1, 0.15) is 35.0 Å². The van der Waals surface area contributed by atoms with Crippen molar-refractivity contribution in [1.82, 2.24) is 4.57 Å².